The van der Waals surface area contributed by atoms with Crippen molar-refractivity contribution in [3.05, 3.63) is 57.0 Å². The van der Waals surface area contributed by atoms with Crippen LogP contribution in [0.5, 0.6) is 5.75 Å². The van der Waals surface area contributed by atoms with Gasteiger partial charge in [0, 0.05) is 17.0 Å². The van der Waals surface area contributed by atoms with E-state index in [4.69, 9.17) is 4.74 Å². The van der Waals surface area contributed by atoms with Crippen LogP contribution in [-0.4, -0.2) is 23.2 Å². The Morgan fingerprint density at radius 3 is 3.13 bits per heavy atom. The monoisotopic (exact) mass is 327 g/mol. The molecule has 0 bridgehead atoms. The van der Waals surface area contributed by atoms with E-state index in [1.165, 1.54) is 10.4 Å². The van der Waals surface area contributed by atoms with Gasteiger partial charge in [-0.15, -0.1) is 11.3 Å². The first-order valence-corrected chi connectivity index (χ1v) is 8.42. The van der Waals surface area contributed by atoms with Gasteiger partial charge in [-0.05, 0) is 24.6 Å². The lowest BCUT2D eigenvalue weighted by Gasteiger charge is -2.12. The highest BCUT2D eigenvalue weighted by molar-refractivity contribution is 7.18. The number of fused-ring (bicyclic) bond motifs is 3. The number of thiophene rings is 1. The summed E-state index contributed by atoms with van der Waals surface area (Å²) in [6, 6.07) is 7.76. The number of para-hydroxylation sites is 1. The first kappa shape index (κ1) is 14.4. The minimum absolute atomic E-state index is 0.0420. The maximum Gasteiger partial charge on any atom is 0.262 e. The van der Waals surface area contributed by atoms with Gasteiger partial charge in [0.1, 0.15) is 10.6 Å². The van der Waals surface area contributed by atoms with Crippen molar-refractivity contribution in [2.24, 2.45) is 0 Å². The maximum absolute atomic E-state index is 12.9. The summed E-state index contributed by atoms with van der Waals surface area (Å²) in [4.78, 5) is 19.5. The molecule has 2 aromatic heterocycles. The molecule has 0 aliphatic carbocycles. The summed E-state index contributed by atoms with van der Waals surface area (Å²) in [6.45, 7) is 2.22. The summed E-state index contributed by atoms with van der Waals surface area (Å²) in [6.07, 6.45) is 2.54. The zero-order chi connectivity index (χ0) is 15.8. The molecular formula is C17H17N3O2S. The molecule has 0 unspecified atom stereocenters. The van der Waals surface area contributed by atoms with Gasteiger partial charge < -0.3 is 10.1 Å². The molecule has 3 aromatic rings. The lowest BCUT2D eigenvalue weighted by atomic mass is 10.1. The molecule has 0 saturated carbocycles. The van der Waals surface area contributed by atoms with Gasteiger partial charge in [-0.25, -0.2) is 4.98 Å². The van der Waals surface area contributed by atoms with Crippen molar-refractivity contribution in [2.75, 3.05) is 13.7 Å². The van der Waals surface area contributed by atoms with Crippen LogP contribution in [0.25, 0.3) is 10.2 Å². The SMILES string of the molecule is COc1ccccc1Cn1cnc2sc3c(c2c1=O)CCNC3. The summed E-state index contributed by atoms with van der Waals surface area (Å²) in [7, 11) is 1.64. The number of nitrogens with one attached hydrogen (secondary N) is 1. The van der Waals surface area contributed by atoms with Gasteiger partial charge in [0.25, 0.3) is 5.56 Å². The van der Waals surface area contributed by atoms with Crippen molar-refractivity contribution in [1.82, 2.24) is 14.9 Å². The van der Waals surface area contributed by atoms with Gasteiger partial charge in [0.15, 0.2) is 0 Å². The van der Waals surface area contributed by atoms with Crippen molar-refractivity contribution in [3.63, 3.8) is 0 Å². The molecule has 6 heteroatoms. The van der Waals surface area contributed by atoms with Gasteiger partial charge in [-0.3, -0.25) is 9.36 Å². The Kier molecular flexibility index (Phi) is 3.63. The number of nitrogens with zero attached hydrogens (tertiary/aromatic N) is 2. The summed E-state index contributed by atoms with van der Waals surface area (Å²) in [5, 5.41) is 4.14. The van der Waals surface area contributed by atoms with Crippen LogP contribution in [-0.2, 0) is 19.5 Å². The van der Waals surface area contributed by atoms with Crippen molar-refractivity contribution >= 4 is 21.6 Å². The second kappa shape index (κ2) is 5.79. The maximum atomic E-state index is 12.9. The van der Waals surface area contributed by atoms with Gasteiger partial charge >= 0.3 is 0 Å². The van der Waals surface area contributed by atoms with E-state index in [9.17, 15) is 4.79 Å². The van der Waals surface area contributed by atoms with Crippen molar-refractivity contribution in [2.45, 2.75) is 19.5 Å². The molecule has 0 fully saturated rings. The topological polar surface area (TPSA) is 56.2 Å². The highest BCUT2D eigenvalue weighted by Gasteiger charge is 2.19. The van der Waals surface area contributed by atoms with Crippen LogP contribution in [0.3, 0.4) is 0 Å². The summed E-state index contributed by atoms with van der Waals surface area (Å²) in [5.41, 5.74) is 2.19. The van der Waals surface area contributed by atoms with Gasteiger partial charge in [-0.1, -0.05) is 18.2 Å². The molecule has 1 N–H and O–H groups in total. The Bertz CT molecular complexity index is 929. The molecule has 0 amide bonds. The predicted molar refractivity (Wildman–Crippen MR) is 91.4 cm³/mol. The minimum Gasteiger partial charge on any atom is -0.496 e. The number of ether oxygens (including phenoxy) is 1. The molecule has 0 radical (unpaired) electrons. The lowest BCUT2D eigenvalue weighted by Crippen LogP contribution is -2.25. The first-order chi connectivity index (χ1) is 11.3. The van der Waals surface area contributed by atoms with Crippen LogP contribution in [0.4, 0.5) is 0 Å². The van der Waals surface area contributed by atoms with E-state index in [0.29, 0.717) is 6.54 Å². The Morgan fingerprint density at radius 2 is 2.26 bits per heavy atom. The van der Waals surface area contributed by atoms with E-state index < -0.39 is 0 Å². The van der Waals surface area contributed by atoms with Crippen LogP contribution in [0.15, 0.2) is 35.4 Å². The van der Waals surface area contributed by atoms with Crippen molar-refractivity contribution in [1.29, 1.82) is 0 Å². The minimum atomic E-state index is 0.0420. The standard InChI is InChI=1S/C17H17N3O2S/c1-22-13-5-3-2-4-11(13)9-20-10-19-16-15(17(20)21)12-6-7-18-8-14(12)23-16/h2-5,10,18H,6-9H2,1H3. The Morgan fingerprint density at radius 1 is 1.39 bits per heavy atom. The van der Waals surface area contributed by atoms with E-state index in [-0.39, 0.29) is 5.56 Å². The Labute approximate surface area is 137 Å². The summed E-state index contributed by atoms with van der Waals surface area (Å²) >= 11 is 1.62. The number of aromatic nitrogens is 2. The molecule has 0 spiro atoms. The fourth-order valence-corrected chi connectivity index (χ4v) is 4.23. The average molecular weight is 327 g/mol. The smallest absolute Gasteiger partial charge is 0.262 e. The molecule has 1 aromatic carbocycles. The number of hydrogen-bond donors (Lipinski definition) is 1. The van der Waals surface area contributed by atoms with Crippen LogP contribution >= 0.6 is 11.3 Å². The van der Waals surface area contributed by atoms with E-state index in [2.05, 4.69) is 10.3 Å². The third-order valence-corrected chi connectivity index (χ3v) is 5.37. The van der Waals surface area contributed by atoms with Crippen molar-refractivity contribution < 1.29 is 4.74 Å². The molecule has 5 nitrogen and oxygen atoms in total. The number of benzene rings is 1. The molecular weight excluding hydrogens is 310 g/mol. The molecule has 1 aliphatic rings. The third-order valence-electron chi connectivity index (χ3n) is 4.23. The van der Waals surface area contributed by atoms with Crippen LogP contribution in [0.1, 0.15) is 16.0 Å². The second-order valence-electron chi connectivity index (χ2n) is 5.60. The summed E-state index contributed by atoms with van der Waals surface area (Å²) < 4.78 is 7.05. The third kappa shape index (κ3) is 2.44. The largest absolute Gasteiger partial charge is 0.496 e. The quantitative estimate of drug-likeness (QED) is 0.801. The Balaban J connectivity index is 1.82. The molecule has 3 heterocycles. The van der Waals surface area contributed by atoms with Gasteiger partial charge in [-0.2, -0.15) is 0 Å². The second-order valence-corrected chi connectivity index (χ2v) is 6.68. The van der Waals surface area contributed by atoms with E-state index in [1.54, 1.807) is 29.3 Å². The van der Waals surface area contributed by atoms with Crippen LogP contribution < -0.4 is 15.6 Å². The highest BCUT2D eigenvalue weighted by Crippen LogP contribution is 2.29. The fraction of sp³-hybridized carbons (Fsp3) is 0.294. The normalized spacial score (nSPS) is 14.0. The zero-order valence-electron chi connectivity index (χ0n) is 12.8. The van der Waals surface area contributed by atoms with Crippen molar-refractivity contribution in [3.8, 4) is 5.75 Å². The molecule has 23 heavy (non-hydrogen) atoms. The lowest BCUT2D eigenvalue weighted by molar-refractivity contribution is 0.408. The fourth-order valence-electron chi connectivity index (χ4n) is 3.08. The summed E-state index contributed by atoms with van der Waals surface area (Å²) in [5.74, 6) is 0.788. The van der Waals surface area contributed by atoms with Gasteiger partial charge in [0.2, 0.25) is 0 Å². The number of rotatable bonds is 3. The van der Waals surface area contributed by atoms with E-state index in [1.807, 2.05) is 24.3 Å². The average Bonchev–Trinajstić information content (AvgIpc) is 2.97. The first-order valence-electron chi connectivity index (χ1n) is 7.60. The van der Waals surface area contributed by atoms with E-state index in [0.717, 1.165) is 41.0 Å². The number of methoxy groups -OCH3 is 1. The van der Waals surface area contributed by atoms with E-state index >= 15 is 0 Å². The highest BCUT2D eigenvalue weighted by atomic mass is 32.1. The van der Waals surface area contributed by atoms with Crippen LogP contribution in [0, 0.1) is 0 Å². The zero-order valence-corrected chi connectivity index (χ0v) is 13.7. The Hall–Kier alpha value is -2.18. The molecule has 0 saturated heterocycles. The van der Waals surface area contributed by atoms with Crippen LogP contribution in [0.2, 0.25) is 0 Å². The molecule has 1 aliphatic heterocycles. The molecule has 118 valence electrons. The molecule has 4 rings (SSSR count). The number of hydrogen-bond acceptors (Lipinski definition) is 5. The van der Waals surface area contributed by atoms with Gasteiger partial charge in [0.05, 0.1) is 25.4 Å². The predicted octanol–water partition coefficient (Wildman–Crippen LogP) is 2.16. The molecule has 0 atom stereocenters.